The molecule has 0 aliphatic carbocycles. The van der Waals surface area contributed by atoms with E-state index < -0.39 is 0 Å². The number of nitrogens with zero attached hydrogens (tertiary/aromatic N) is 3. The number of methoxy groups -OCH3 is 1. The van der Waals surface area contributed by atoms with Crippen LogP contribution in [0.2, 0.25) is 0 Å². The van der Waals surface area contributed by atoms with Crippen molar-refractivity contribution >= 4 is 5.96 Å². The molecule has 1 aliphatic rings. The van der Waals surface area contributed by atoms with Gasteiger partial charge in [0.2, 0.25) is 0 Å². The number of nitrogens with one attached hydrogen (secondary N) is 1. The van der Waals surface area contributed by atoms with Crippen LogP contribution in [0.1, 0.15) is 25.3 Å². The Balaban J connectivity index is 1.97. The minimum Gasteiger partial charge on any atom is -0.497 e. The van der Waals surface area contributed by atoms with Crippen LogP contribution >= 0.6 is 0 Å². The van der Waals surface area contributed by atoms with Crippen molar-refractivity contribution in [2.45, 2.75) is 32.4 Å². The number of likely N-dealkylation sites (N-methyl/N-ethyl adjacent to an activating group) is 1. The number of hydrogen-bond donors (Lipinski definition) is 1. The van der Waals surface area contributed by atoms with Gasteiger partial charge in [0, 0.05) is 26.2 Å². The van der Waals surface area contributed by atoms with Gasteiger partial charge in [-0.2, -0.15) is 0 Å². The molecule has 1 heterocycles. The zero-order valence-electron chi connectivity index (χ0n) is 14.9. The van der Waals surface area contributed by atoms with Gasteiger partial charge in [0.05, 0.1) is 13.7 Å². The first-order valence-electron chi connectivity index (χ1n) is 8.46. The second-order valence-corrected chi connectivity index (χ2v) is 6.18. The van der Waals surface area contributed by atoms with Crippen molar-refractivity contribution in [2.24, 2.45) is 4.99 Å². The lowest BCUT2D eigenvalue weighted by Crippen LogP contribution is -2.39. The summed E-state index contributed by atoms with van der Waals surface area (Å²) in [6, 6.07) is 8.78. The molecule has 0 saturated carbocycles. The molecule has 5 heteroatoms. The summed E-state index contributed by atoms with van der Waals surface area (Å²) in [5, 5.41) is 3.40. The summed E-state index contributed by atoms with van der Waals surface area (Å²) in [4.78, 5) is 9.43. The zero-order valence-corrected chi connectivity index (χ0v) is 14.9. The van der Waals surface area contributed by atoms with Crippen LogP contribution < -0.4 is 10.1 Å². The molecule has 0 bridgehead atoms. The minimum atomic E-state index is 0.582. The Bertz CT molecular complexity index is 500. The van der Waals surface area contributed by atoms with Crippen LogP contribution in [0.25, 0.3) is 0 Å². The van der Waals surface area contributed by atoms with Crippen molar-refractivity contribution in [3.63, 3.8) is 0 Å². The van der Waals surface area contributed by atoms with Crippen molar-refractivity contribution < 1.29 is 4.74 Å². The van der Waals surface area contributed by atoms with E-state index >= 15 is 0 Å². The highest BCUT2D eigenvalue weighted by Crippen LogP contribution is 2.15. The van der Waals surface area contributed by atoms with Gasteiger partial charge in [-0.1, -0.05) is 12.1 Å². The van der Waals surface area contributed by atoms with Crippen LogP contribution in [0.5, 0.6) is 5.75 Å². The molecule has 5 nitrogen and oxygen atoms in total. The highest BCUT2D eigenvalue weighted by atomic mass is 16.5. The van der Waals surface area contributed by atoms with Crippen LogP contribution in [0.15, 0.2) is 29.3 Å². The van der Waals surface area contributed by atoms with Gasteiger partial charge in [-0.3, -0.25) is 4.99 Å². The van der Waals surface area contributed by atoms with Crippen LogP contribution in [-0.4, -0.2) is 62.6 Å². The quantitative estimate of drug-likeness (QED) is 0.645. The van der Waals surface area contributed by atoms with Crippen LogP contribution in [0.3, 0.4) is 0 Å². The van der Waals surface area contributed by atoms with Gasteiger partial charge in [-0.05, 0) is 51.1 Å². The number of rotatable bonds is 6. The molecule has 23 heavy (non-hydrogen) atoms. The lowest BCUT2D eigenvalue weighted by Gasteiger charge is -2.24. The molecule has 2 rings (SSSR count). The fourth-order valence-electron chi connectivity index (χ4n) is 2.95. The highest BCUT2D eigenvalue weighted by molar-refractivity contribution is 5.79. The third-order valence-electron chi connectivity index (χ3n) is 4.40. The van der Waals surface area contributed by atoms with Crippen molar-refractivity contribution in [1.29, 1.82) is 0 Å². The minimum absolute atomic E-state index is 0.582. The average molecular weight is 318 g/mol. The van der Waals surface area contributed by atoms with E-state index in [0.717, 1.165) is 31.3 Å². The molecule has 0 aromatic heterocycles. The number of ether oxygens (including phenoxy) is 1. The normalized spacial score (nSPS) is 19.0. The average Bonchev–Trinajstić information content (AvgIpc) is 2.97. The summed E-state index contributed by atoms with van der Waals surface area (Å²) >= 11 is 0. The van der Waals surface area contributed by atoms with Crippen molar-refractivity contribution in [3.05, 3.63) is 29.8 Å². The highest BCUT2D eigenvalue weighted by Gasteiger charge is 2.20. The zero-order chi connectivity index (χ0) is 16.7. The predicted octanol–water partition coefficient (Wildman–Crippen LogP) is 2.19. The molecule has 128 valence electrons. The lowest BCUT2D eigenvalue weighted by atomic mass is 10.2. The molecule has 1 fully saturated rings. The maximum Gasteiger partial charge on any atom is 0.194 e. The van der Waals surface area contributed by atoms with E-state index in [1.54, 1.807) is 7.11 Å². The molecular formula is C18H30N4O. The molecule has 1 N–H and O–H groups in total. The third kappa shape index (κ3) is 5.13. The predicted molar refractivity (Wildman–Crippen MR) is 96.1 cm³/mol. The van der Waals surface area contributed by atoms with Crippen LogP contribution in [0, 0.1) is 0 Å². The molecule has 0 amide bonds. The summed E-state index contributed by atoms with van der Waals surface area (Å²) in [5.74, 6) is 1.87. The topological polar surface area (TPSA) is 40.1 Å². The van der Waals surface area contributed by atoms with Crippen molar-refractivity contribution in [3.8, 4) is 5.75 Å². The molecule has 1 aromatic carbocycles. The molecule has 1 saturated heterocycles. The van der Waals surface area contributed by atoms with Gasteiger partial charge in [-0.25, -0.2) is 0 Å². The van der Waals surface area contributed by atoms with Gasteiger partial charge in [0.15, 0.2) is 5.96 Å². The van der Waals surface area contributed by atoms with Gasteiger partial charge in [-0.15, -0.1) is 0 Å². The Hall–Kier alpha value is -1.75. The number of aliphatic imine (C=N–C) groups is 1. The Morgan fingerprint density at radius 3 is 2.70 bits per heavy atom. The Morgan fingerprint density at radius 1 is 1.39 bits per heavy atom. The van der Waals surface area contributed by atoms with E-state index in [0.29, 0.717) is 6.04 Å². The first-order valence-corrected chi connectivity index (χ1v) is 8.46. The largest absolute Gasteiger partial charge is 0.497 e. The SMILES string of the molecule is CCNC(=NCC1CCCN1C)N(C)Cc1ccc(OC)cc1. The third-order valence-corrected chi connectivity index (χ3v) is 4.40. The first-order chi connectivity index (χ1) is 11.1. The number of guanidine groups is 1. The first kappa shape index (κ1) is 17.6. The van der Waals surface area contributed by atoms with Gasteiger partial charge in [0.25, 0.3) is 0 Å². The monoisotopic (exact) mass is 318 g/mol. The fourth-order valence-corrected chi connectivity index (χ4v) is 2.95. The van der Waals surface area contributed by atoms with E-state index in [4.69, 9.17) is 9.73 Å². The number of benzene rings is 1. The Kier molecular flexibility index (Phi) is 6.71. The summed E-state index contributed by atoms with van der Waals surface area (Å²) in [7, 11) is 5.97. The van der Waals surface area contributed by atoms with E-state index in [9.17, 15) is 0 Å². The van der Waals surface area contributed by atoms with Crippen molar-refractivity contribution in [2.75, 3.05) is 40.8 Å². The molecule has 1 aromatic rings. The second kappa shape index (κ2) is 8.77. The molecule has 1 unspecified atom stereocenters. The number of hydrogen-bond acceptors (Lipinski definition) is 3. The van der Waals surface area contributed by atoms with Crippen molar-refractivity contribution in [1.82, 2.24) is 15.1 Å². The Morgan fingerprint density at radius 2 is 2.13 bits per heavy atom. The smallest absolute Gasteiger partial charge is 0.194 e. The van der Waals surface area contributed by atoms with Gasteiger partial charge < -0.3 is 19.9 Å². The van der Waals surface area contributed by atoms with E-state index in [1.165, 1.54) is 24.9 Å². The second-order valence-electron chi connectivity index (χ2n) is 6.18. The maximum atomic E-state index is 5.21. The standard InChI is InChI=1S/C18H30N4O/c1-5-19-18(20-13-16-7-6-12-21(16)2)22(3)14-15-8-10-17(23-4)11-9-15/h8-11,16H,5-7,12-14H2,1-4H3,(H,19,20). The molecule has 0 spiro atoms. The molecule has 0 radical (unpaired) electrons. The summed E-state index contributed by atoms with van der Waals surface area (Å²) in [6.07, 6.45) is 2.54. The van der Waals surface area contributed by atoms with E-state index in [2.05, 4.69) is 48.3 Å². The molecule has 1 aliphatic heterocycles. The molecular weight excluding hydrogens is 288 g/mol. The molecule has 1 atom stereocenters. The summed E-state index contributed by atoms with van der Waals surface area (Å²) in [6.45, 7) is 5.88. The lowest BCUT2D eigenvalue weighted by molar-refractivity contribution is 0.316. The van der Waals surface area contributed by atoms with Crippen LogP contribution in [0.4, 0.5) is 0 Å². The Labute approximate surface area is 140 Å². The van der Waals surface area contributed by atoms with Crippen LogP contribution in [-0.2, 0) is 6.54 Å². The fraction of sp³-hybridized carbons (Fsp3) is 0.611. The summed E-state index contributed by atoms with van der Waals surface area (Å²) < 4.78 is 5.21. The maximum absolute atomic E-state index is 5.21. The van der Waals surface area contributed by atoms with Gasteiger partial charge >= 0.3 is 0 Å². The van der Waals surface area contributed by atoms with E-state index in [-0.39, 0.29) is 0 Å². The van der Waals surface area contributed by atoms with Gasteiger partial charge in [0.1, 0.15) is 5.75 Å². The summed E-state index contributed by atoms with van der Waals surface area (Å²) in [5.41, 5.74) is 1.25. The van der Waals surface area contributed by atoms with E-state index in [1.807, 2.05) is 12.1 Å². The number of likely N-dealkylation sites (tertiary alicyclic amines) is 1.